The van der Waals surface area contributed by atoms with Gasteiger partial charge in [0.2, 0.25) is 17.7 Å². The predicted octanol–water partition coefficient (Wildman–Crippen LogP) is 2.03. The zero-order chi connectivity index (χ0) is 26.3. The van der Waals surface area contributed by atoms with E-state index in [1.807, 2.05) is 27.7 Å². The number of hydrogen-bond donors (Lipinski definition) is 3. The number of epoxide rings is 1. The molecule has 3 N–H and O–H groups in total. The second kappa shape index (κ2) is 16.6. The van der Waals surface area contributed by atoms with Crippen molar-refractivity contribution in [2.24, 2.45) is 5.92 Å². The summed E-state index contributed by atoms with van der Waals surface area (Å²) in [4.78, 5) is 50.9. The van der Waals surface area contributed by atoms with Crippen molar-refractivity contribution in [2.45, 2.75) is 98.3 Å². The number of carbonyl (C=O) groups excluding carboxylic acids is 4. The van der Waals surface area contributed by atoms with Crippen LogP contribution in [0.2, 0.25) is 0 Å². The van der Waals surface area contributed by atoms with Gasteiger partial charge in [0.25, 0.3) is 0 Å². The molecule has 34 heavy (non-hydrogen) atoms. The van der Waals surface area contributed by atoms with E-state index in [2.05, 4.69) is 29.8 Å². The number of unbranched alkanes of at least 4 members (excludes halogenated alkanes) is 1. The van der Waals surface area contributed by atoms with Crippen LogP contribution >= 0.6 is 0 Å². The van der Waals surface area contributed by atoms with E-state index in [-0.39, 0.29) is 36.6 Å². The van der Waals surface area contributed by atoms with Crippen molar-refractivity contribution < 1.29 is 23.9 Å². The summed E-state index contributed by atoms with van der Waals surface area (Å²) in [6.07, 6.45) is 4.47. The number of likely N-dealkylation sites (tertiary alicyclic amines) is 1. The number of Topliss-reactive ketones (excluding diaryl/α,β-unsaturated/α-hetero) is 1. The van der Waals surface area contributed by atoms with E-state index in [4.69, 9.17) is 4.74 Å². The molecule has 0 radical (unpaired) electrons. The Morgan fingerprint density at radius 2 is 1.68 bits per heavy atom. The molecule has 2 saturated heterocycles. The van der Waals surface area contributed by atoms with Crippen molar-refractivity contribution in [3.63, 3.8) is 0 Å². The summed E-state index contributed by atoms with van der Waals surface area (Å²) < 4.78 is 5.21. The van der Waals surface area contributed by atoms with Crippen LogP contribution in [0.1, 0.15) is 80.6 Å². The smallest absolute Gasteiger partial charge is 0.243 e. The van der Waals surface area contributed by atoms with Crippen LogP contribution in [0, 0.1) is 5.92 Å². The van der Waals surface area contributed by atoms with Crippen LogP contribution in [-0.2, 0) is 23.9 Å². The number of nitrogens with one attached hydrogen (secondary N) is 3. The second-order valence-electron chi connectivity index (χ2n) is 9.13. The molecular formula is C25H48N4O5. The average molecular weight is 485 g/mol. The van der Waals surface area contributed by atoms with Crippen LogP contribution in [0.15, 0.2) is 0 Å². The summed E-state index contributed by atoms with van der Waals surface area (Å²) in [6, 6.07) is -1.20. The summed E-state index contributed by atoms with van der Waals surface area (Å²) in [7, 11) is 1.68. The Kier molecular flexibility index (Phi) is 15.6. The Bertz CT molecular complexity index is 647. The number of rotatable bonds is 11. The zero-order valence-corrected chi connectivity index (χ0v) is 22.6. The molecule has 0 aromatic heterocycles. The van der Waals surface area contributed by atoms with E-state index in [0.29, 0.717) is 26.0 Å². The average Bonchev–Trinajstić information content (AvgIpc) is 3.37. The van der Waals surface area contributed by atoms with Gasteiger partial charge in [-0.15, -0.1) is 0 Å². The number of nitrogens with zero attached hydrogens (tertiary/aromatic N) is 1. The number of hydrogen-bond acceptors (Lipinski definition) is 6. The summed E-state index contributed by atoms with van der Waals surface area (Å²) in [5, 5.41) is 8.11. The SMILES string of the molecule is CC.CCCC.CNCC(=O)N1CCCC1C(=O)NCC(=O)NC(CC(C)C)C(=O)C1(C)CO1. The lowest BCUT2D eigenvalue weighted by molar-refractivity contribution is -0.138. The molecule has 2 heterocycles. The molecule has 0 aliphatic carbocycles. The summed E-state index contributed by atoms with van der Waals surface area (Å²) in [5.74, 6) is -0.828. The highest BCUT2D eigenvalue weighted by molar-refractivity contribution is 5.97. The Morgan fingerprint density at radius 3 is 2.15 bits per heavy atom. The summed E-state index contributed by atoms with van der Waals surface area (Å²) in [5.41, 5.74) is -0.811. The van der Waals surface area contributed by atoms with Crippen LogP contribution in [-0.4, -0.2) is 79.4 Å². The molecule has 9 nitrogen and oxygen atoms in total. The zero-order valence-electron chi connectivity index (χ0n) is 22.6. The molecule has 3 amide bonds. The lowest BCUT2D eigenvalue weighted by Crippen LogP contribution is -2.52. The Morgan fingerprint density at radius 1 is 1.09 bits per heavy atom. The van der Waals surface area contributed by atoms with Gasteiger partial charge >= 0.3 is 0 Å². The van der Waals surface area contributed by atoms with Gasteiger partial charge in [0.1, 0.15) is 11.6 Å². The van der Waals surface area contributed by atoms with Crippen LogP contribution < -0.4 is 16.0 Å². The normalized spacial score (nSPS) is 21.4. The van der Waals surface area contributed by atoms with Crippen molar-refractivity contribution in [3.8, 4) is 0 Å². The fraction of sp³-hybridized carbons (Fsp3) is 0.840. The van der Waals surface area contributed by atoms with Gasteiger partial charge < -0.3 is 25.6 Å². The van der Waals surface area contributed by atoms with E-state index in [9.17, 15) is 19.2 Å². The van der Waals surface area contributed by atoms with E-state index in [1.165, 1.54) is 12.8 Å². The first-order chi connectivity index (χ1) is 16.1. The van der Waals surface area contributed by atoms with Crippen LogP contribution in [0.4, 0.5) is 0 Å². The second-order valence-corrected chi connectivity index (χ2v) is 9.13. The largest absolute Gasteiger partial charge is 0.361 e. The van der Waals surface area contributed by atoms with Gasteiger partial charge in [0.05, 0.1) is 25.7 Å². The molecule has 198 valence electrons. The predicted molar refractivity (Wildman–Crippen MR) is 134 cm³/mol. The molecule has 2 fully saturated rings. The third kappa shape index (κ3) is 11.0. The van der Waals surface area contributed by atoms with E-state index in [1.54, 1.807) is 18.9 Å². The third-order valence-electron chi connectivity index (χ3n) is 5.58. The van der Waals surface area contributed by atoms with Crippen molar-refractivity contribution in [3.05, 3.63) is 0 Å². The number of likely N-dealkylation sites (N-methyl/N-ethyl adjacent to an activating group) is 1. The monoisotopic (exact) mass is 484 g/mol. The molecule has 9 heteroatoms. The van der Waals surface area contributed by atoms with Gasteiger partial charge in [-0.2, -0.15) is 0 Å². The molecule has 0 saturated carbocycles. The summed E-state index contributed by atoms with van der Waals surface area (Å²) >= 11 is 0. The molecule has 3 atom stereocenters. The third-order valence-corrected chi connectivity index (χ3v) is 5.58. The number of ketones is 1. The van der Waals surface area contributed by atoms with Crippen molar-refractivity contribution in [2.75, 3.05) is 33.3 Å². The maximum atomic E-state index is 12.5. The van der Waals surface area contributed by atoms with Crippen LogP contribution in [0.5, 0.6) is 0 Å². The highest BCUT2D eigenvalue weighted by atomic mass is 16.6. The Balaban J connectivity index is 0.00000164. The Hall–Kier alpha value is -2.00. The van der Waals surface area contributed by atoms with Gasteiger partial charge in [-0.25, -0.2) is 0 Å². The molecule has 0 bridgehead atoms. The van der Waals surface area contributed by atoms with E-state index < -0.39 is 23.6 Å². The number of carbonyl (C=O) groups is 4. The highest BCUT2D eigenvalue weighted by Crippen LogP contribution is 2.29. The first-order valence-electron chi connectivity index (χ1n) is 12.8. The fourth-order valence-electron chi connectivity index (χ4n) is 3.44. The van der Waals surface area contributed by atoms with Gasteiger partial charge in [-0.1, -0.05) is 54.4 Å². The lowest BCUT2D eigenvalue weighted by Gasteiger charge is -2.24. The molecule has 2 rings (SSSR count). The van der Waals surface area contributed by atoms with Gasteiger partial charge in [-0.3, -0.25) is 19.2 Å². The molecule has 2 aliphatic rings. The molecule has 0 aromatic rings. The number of ether oxygens (including phenoxy) is 1. The van der Waals surface area contributed by atoms with Crippen LogP contribution in [0.3, 0.4) is 0 Å². The standard InChI is InChI=1S/C19H32N4O5.C4H10.C2H6/c1-12(2)8-13(17(26)19(3)11-28-19)22-15(24)9-21-18(27)14-6-5-7-23(14)16(25)10-20-4;1-3-4-2;1-2/h12-14,20H,5-11H2,1-4H3,(H,21,27)(H,22,24);3-4H2,1-2H3;1-2H3. The Labute approximate surface area is 206 Å². The lowest BCUT2D eigenvalue weighted by atomic mass is 9.93. The van der Waals surface area contributed by atoms with E-state index in [0.717, 1.165) is 6.42 Å². The van der Waals surface area contributed by atoms with Gasteiger partial charge in [0, 0.05) is 6.54 Å². The molecule has 0 spiro atoms. The van der Waals surface area contributed by atoms with Gasteiger partial charge in [-0.05, 0) is 39.2 Å². The number of amides is 3. The molecule has 3 unspecified atom stereocenters. The fourth-order valence-corrected chi connectivity index (χ4v) is 3.44. The maximum absolute atomic E-state index is 12.5. The maximum Gasteiger partial charge on any atom is 0.243 e. The molecule has 2 aliphatic heterocycles. The summed E-state index contributed by atoms with van der Waals surface area (Å²) in [6.45, 7) is 14.9. The van der Waals surface area contributed by atoms with E-state index >= 15 is 0 Å². The highest BCUT2D eigenvalue weighted by Gasteiger charge is 2.50. The first-order valence-corrected chi connectivity index (χ1v) is 12.8. The first kappa shape index (κ1) is 32.0. The minimum atomic E-state index is -0.811. The molecular weight excluding hydrogens is 436 g/mol. The quantitative estimate of drug-likeness (QED) is 0.386. The molecule has 0 aromatic carbocycles. The topological polar surface area (TPSA) is 120 Å². The van der Waals surface area contributed by atoms with Crippen LogP contribution in [0.25, 0.3) is 0 Å². The van der Waals surface area contributed by atoms with Gasteiger partial charge in [0.15, 0.2) is 5.78 Å². The minimum Gasteiger partial charge on any atom is -0.361 e. The van der Waals surface area contributed by atoms with Crippen molar-refractivity contribution in [1.82, 2.24) is 20.9 Å². The van der Waals surface area contributed by atoms with Crippen molar-refractivity contribution in [1.29, 1.82) is 0 Å². The minimum absolute atomic E-state index is 0.134. The van der Waals surface area contributed by atoms with Crippen molar-refractivity contribution >= 4 is 23.5 Å².